The fourth-order valence-corrected chi connectivity index (χ4v) is 1.98. The summed E-state index contributed by atoms with van der Waals surface area (Å²) in [6, 6.07) is 7.37. The van der Waals surface area contributed by atoms with Crippen molar-refractivity contribution in [3.63, 3.8) is 0 Å². The zero-order valence-corrected chi connectivity index (χ0v) is 11.0. The quantitative estimate of drug-likeness (QED) is 0.918. The second kappa shape index (κ2) is 5.24. The van der Waals surface area contributed by atoms with Crippen LogP contribution in [-0.4, -0.2) is 24.4 Å². The largest absolute Gasteiger partial charge is 0.454 e. The normalized spacial score (nSPS) is 12.4. The zero-order chi connectivity index (χ0) is 13.9. The Balaban J connectivity index is 1.54. The van der Waals surface area contributed by atoms with Crippen molar-refractivity contribution in [1.29, 1.82) is 0 Å². The number of nitrogens with zero attached hydrogens (tertiary/aromatic N) is 1. The van der Waals surface area contributed by atoms with Crippen molar-refractivity contribution < 1.29 is 18.8 Å². The third-order valence-electron chi connectivity index (χ3n) is 3.00. The van der Waals surface area contributed by atoms with Gasteiger partial charge in [-0.25, -0.2) is 0 Å². The Hall–Kier alpha value is -2.50. The highest BCUT2D eigenvalue weighted by molar-refractivity contribution is 5.92. The molecule has 0 fully saturated rings. The summed E-state index contributed by atoms with van der Waals surface area (Å²) in [6.07, 6.45) is 0.708. The van der Waals surface area contributed by atoms with E-state index in [-0.39, 0.29) is 12.7 Å². The fourth-order valence-electron chi connectivity index (χ4n) is 1.98. The average Bonchev–Trinajstić information content (AvgIpc) is 3.06. The number of hydrogen-bond acceptors (Lipinski definition) is 5. The Morgan fingerprint density at radius 2 is 2.15 bits per heavy atom. The molecule has 1 aliphatic rings. The van der Waals surface area contributed by atoms with E-state index in [9.17, 15) is 4.79 Å². The second-order valence-corrected chi connectivity index (χ2v) is 4.52. The van der Waals surface area contributed by atoms with Crippen molar-refractivity contribution in [2.24, 2.45) is 0 Å². The maximum absolute atomic E-state index is 11.8. The minimum absolute atomic E-state index is 0.234. The van der Waals surface area contributed by atoms with E-state index in [0.717, 1.165) is 17.1 Å². The smallest absolute Gasteiger partial charge is 0.273 e. The van der Waals surface area contributed by atoms with E-state index in [4.69, 9.17) is 14.0 Å². The molecule has 0 saturated heterocycles. The molecule has 6 heteroatoms. The number of ether oxygens (including phenoxy) is 2. The van der Waals surface area contributed by atoms with Crippen LogP contribution in [0.2, 0.25) is 0 Å². The first-order valence-electron chi connectivity index (χ1n) is 6.32. The summed E-state index contributed by atoms with van der Waals surface area (Å²) in [5.74, 6) is 1.89. The molecule has 0 saturated carbocycles. The number of hydrogen-bond donors (Lipinski definition) is 1. The lowest BCUT2D eigenvalue weighted by molar-refractivity contribution is 0.0945. The SMILES string of the molecule is Cc1cc(C(=O)NCCc2ccc3c(c2)OCO3)no1. The van der Waals surface area contributed by atoms with Gasteiger partial charge in [0.15, 0.2) is 17.2 Å². The summed E-state index contributed by atoms with van der Waals surface area (Å²) in [5.41, 5.74) is 1.37. The summed E-state index contributed by atoms with van der Waals surface area (Å²) in [6.45, 7) is 2.53. The van der Waals surface area contributed by atoms with Crippen molar-refractivity contribution in [2.75, 3.05) is 13.3 Å². The molecule has 2 heterocycles. The van der Waals surface area contributed by atoms with E-state index in [2.05, 4.69) is 10.5 Å². The molecule has 1 aromatic carbocycles. The van der Waals surface area contributed by atoms with Gasteiger partial charge in [0.2, 0.25) is 6.79 Å². The highest BCUT2D eigenvalue weighted by Crippen LogP contribution is 2.32. The van der Waals surface area contributed by atoms with Gasteiger partial charge >= 0.3 is 0 Å². The number of nitrogens with one attached hydrogen (secondary N) is 1. The van der Waals surface area contributed by atoms with Gasteiger partial charge < -0.3 is 19.3 Å². The van der Waals surface area contributed by atoms with Crippen molar-refractivity contribution in [2.45, 2.75) is 13.3 Å². The fraction of sp³-hybridized carbons (Fsp3) is 0.286. The minimum atomic E-state index is -0.234. The average molecular weight is 274 g/mol. The summed E-state index contributed by atoms with van der Waals surface area (Å²) in [4.78, 5) is 11.8. The molecule has 1 N–H and O–H groups in total. The van der Waals surface area contributed by atoms with Gasteiger partial charge in [-0.2, -0.15) is 0 Å². The van der Waals surface area contributed by atoms with E-state index >= 15 is 0 Å². The van der Waals surface area contributed by atoms with Crippen molar-refractivity contribution >= 4 is 5.91 Å². The van der Waals surface area contributed by atoms with Crippen LogP contribution in [0.3, 0.4) is 0 Å². The van der Waals surface area contributed by atoms with Crippen LogP contribution in [0.4, 0.5) is 0 Å². The third-order valence-corrected chi connectivity index (χ3v) is 3.00. The molecule has 0 aliphatic carbocycles. The number of carbonyl (C=O) groups is 1. The van der Waals surface area contributed by atoms with Gasteiger partial charge in [-0.15, -0.1) is 0 Å². The van der Waals surface area contributed by atoms with Gasteiger partial charge in [-0.3, -0.25) is 4.79 Å². The van der Waals surface area contributed by atoms with Crippen LogP contribution in [0.15, 0.2) is 28.8 Å². The number of aromatic nitrogens is 1. The van der Waals surface area contributed by atoms with Crippen LogP contribution in [0.25, 0.3) is 0 Å². The molecule has 2 aromatic rings. The molecule has 1 aromatic heterocycles. The lowest BCUT2D eigenvalue weighted by Crippen LogP contribution is -2.25. The minimum Gasteiger partial charge on any atom is -0.454 e. The van der Waals surface area contributed by atoms with Gasteiger partial charge in [-0.1, -0.05) is 11.2 Å². The van der Waals surface area contributed by atoms with Crippen molar-refractivity contribution in [3.05, 3.63) is 41.3 Å². The van der Waals surface area contributed by atoms with Gasteiger partial charge in [0.05, 0.1) is 0 Å². The zero-order valence-electron chi connectivity index (χ0n) is 11.0. The van der Waals surface area contributed by atoms with E-state index < -0.39 is 0 Å². The predicted molar refractivity (Wildman–Crippen MR) is 69.8 cm³/mol. The van der Waals surface area contributed by atoms with Gasteiger partial charge in [0.1, 0.15) is 5.76 Å². The van der Waals surface area contributed by atoms with Crippen molar-refractivity contribution in [1.82, 2.24) is 10.5 Å². The molecular weight excluding hydrogens is 260 g/mol. The Bertz CT molecular complexity index is 636. The monoisotopic (exact) mass is 274 g/mol. The molecule has 0 unspecified atom stereocenters. The number of aryl methyl sites for hydroxylation is 1. The first-order chi connectivity index (χ1) is 9.72. The lowest BCUT2D eigenvalue weighted by Gasteiger charge is -2.04. The Labute approximate surface area is 115 Å². The van der Waals surface area contributed by atoms with Crippen LogP contribution < -0.4 is 14.8 Å². The van der Waals surface area contributed by atoms with Gasteiger partial charge in [0.25, 0.3) is 5.91 Å². The molecule has 0 atom stereocenters. The van der Waals surface area contributed by atoms with Crippen molar-refractivity contribution in [3.8, 4) is 11.5 Å². The number of rotatable bonds is 4. The highest BCUT2D eigenvalue weighted by atomic mass is 16.7. The molecular formula is C14H14N2O4. The number of benzene rings is 1. The first-order valence-corrected chi connectivity index (χ1v) is 6.32. The van der Waals surface area contributed by atoms with E-state index in [0.29, 0.717) is 24.4 Å². The Morgan fingerprint density at radius 1 is 1.30 bits per heavy atom. The molecule has 20 heavy (non-hydrogen) atoms. The topological polar surface area (TPSA) is 73.6 Å². The number of fused-ring (bicyclic) bond motifs is 1. The predicted octanol–water partition coefficient (Wildman–Crippen LogP) is 1.68. The van der Waals surface area contributed by atoms with E-state index in [1.165, 1.54) is 0 Å². The number of amides is 1. The van der Waals surface area contributed by atoms with Crippen LogP contribution in [0.1, 0.15) is 21.8 Å². The molecule has 3 rings (SSSR count). The molecule has 104 valence electrons. The summed E-state index contributed by atoms with van der Waals surface area (Å²) in [7, 11) is 0. The van der Waals surface area contributed by atoms with Gasteiger partial charge in [0, 0.05) is 12.6 Å². The van der Waals surface area contributed by atoms with Crippen LogP contribution in [0.5, 0.6) is 11.5 Å². The summed E-state index contributed by atoms with van der Waals surface area (Å²) >= 11 is 0. The van der Waals surface area contributed by atoms with Gasteiger partial charge in [-0.05, 0) is 31.0 Å². The second-order valence-electron chi connectivity index (χ2n) is 4.52. The first kappa shape index (κ1) is 12.5. The summed E-state index contributed by atoms with van der Waals surface area (Å²) in [5, 5.41) is 6.46. The molecule has 1 aliphatic heterocycles. The Kier molecular flexibility index (Phi) is 3.28. The molecule has 6 nitrogen and oxygen atoms in total. The number of carbonyl (C=O) groups excluding carboxylic acids is 1. The van der Waals surface area contributed by atoms with E-state index in [1.54, 1.807) is 13.0 Å². The standard InChI is InChI=1S/C14H14N2O4/c1-9-6-11(16-20-9)14(17)15-5-4-10-2-3-12-13(7-10)19-8-18-12/h2-3,6-7H,4-5,8H2,1H3,(H,15,17). The molecule has 0 spiro atoms. The maximum Gasteiger partial charge on any atom is 0.273 e. The molecule has 0 bridgehead atoms. The van der Waals surface area contributed by atoms with Crippen LogP contribution in [0, 0.1) is 6.92 Å². The van der Waals surface area contributed by atoms with Crippen LogP contribution >= 0.6 is 0 Å². The maximum atomic E-state index is 11.8. The van der Waals surface area contributed by atoms with Crippen LogP contribution in [-0.2, 0) is 6.42 Å². The summed E-state index contributed by atoms with van der Waals surface area (Å²) < 4.78 is 15.4. The molecule has 1 amide bonds. The van der Waals surface area contributed by atoms with E-state index in [1.807, 2.05) is 18.2 Å². The Morgan fingerprint density at radius 3 is 2.95 bits per heavy atom. The molecule has 0 radical (unpaired) electrons. The third kappa shape index (κ3) is 2.59. The lowest BCUT2D eigenvalue weighted by atomic mass is 10.1. The highest BCUT2D eigenvalue weighted by Gasteiger charge is 2.13.